The van der Waals surface area contributed by atoms with Crippen LogP contribution in [0.3, 0.4) is 0 Å². The molecule has 0 radical (unpaired) electrons. The lowest BCUT2D eigenvalue weighted by Crippen LogP contribution is -2.49. The Kier molecular flexibility index (Phi) is 6.97. The summed E-state index contributed by atoms with van der Waals surface area (Å²) >= 11 is 4.10. The highest BCUT2D eigenvalue weighted by atomic mass is 32.1. The van der Waals surface area contributed by atoms with Gasteiger partial charge in [0.05, 0.1) is 8.07 Å². The van der Waals surface area contributed by atoms with Crippen molar-refractivity contribution in [2.45, 2.75) is 32.1 Å². The number of hydrogen-bond donors (Lipinski definition) is 3. The second kappa shape index (κ2) is 8.24. The van der Waals surface area contributed by atoms with E-state index in [9.17, 15) is 9.59 Å². The van der Waals surface area contributed by atoms with E-state index in [1.807, 2.05) is 6.07 Å². The lowest BCUT2D eigenvalue weighted by Gasteiger charge is -2.24. The van der Waals surface area contributed by atoms with Crippen molar-refractivity contribution in [2.75, 3.05) is 12.3 Å². The molecular formula is C15H24N2O2SSi. The lowest BCUT2D eigenvalue weighted by atomic mass is 10.3. The number of carbonyl (C=O) groups is 2. The second-order valence-electron chi connectivity index (χ2n) is 5.73. The molecule has 116 valence electrons. The van der Waals surface area contributed by atoms with E-state index >= 15 is 0 Å². The van der Waals surface area contributed by atoms with Gasteiger partial charge in [-0.3, -0.25) is 9.59 Å². The zero-order valence-corrected chi connectivity index (χ0v) is 14.7. The Morgan fingerprint density at radius 1 is 1.24 bits per heavy atom. The van der Waals surface area contributed by atoms with Gasteiger partial charge in [-0.25, -0.2) is 0 Å². The molecule has 6 heteroatoms. The van der Waals surface area contributed by atoms with Crippen molar-refractivity contribution in [3.63, 3.8) is 0 Å². The second-order valence-corrected chi connectivity index (χ2v) is 10.9. The van der Waals surface area contributed by atoms with Crippen LogP contribution in [0, 0.1) is 0 Å². The Bertz CT molecular complexity index is 480. The Morgan fingerprint density at radius 2 is 1.86 bits per heavy atom. The van der Waals surface area contributed by atoms with Crippen LogP contribution in [0.1, 0.15) is 6.92 Å². The molecule has 21 heavy (non-hydrogen) atoms. The highest BCUT2D eigenvalue weighted by molar-refractivity contribution is 7.80. The molecule has 4 nitrogen and oxygen atoms in total. The predicted octanol–water partition coefficient (Wildman–Crippen LogP) is 1.15. The maximum absolute atomic E-state index is 12.0. The number of carbonyl (C=O) groups excluding carboxylic acids is 2. The fourth-order valence-corrected chi connectivity index (χ4v) is 4.49. The summed E-state index contributed by atoms with van der Waals surface area (Å²) in [5.41, 5.74) is 0. The van der Waals surface area contributed by atoms with Gasteiger partial charge in [-0.05, 0) is 6.04 Å². The minimum atomic E-state index is -1.54. The third-order valence-electron chi connectivity index (χ3n) is 3.48. The van der Waals surface area contributed by atoms with Crippen LogP contribution in [0.5, 0.6) is 0 Å². The van der Waals surface area contributed by atoms with Gasteiger partial charge >= 0.3 is 0 Å². The van der Waals surface area contributed by atoms with Crippen molar-refractivity contribution in [1.82, 2.24) is 10.6 Å². The molecule has 0 aliphatic carbocycles. The Morgan fingerprint density at radius 3 is 2.38 bits per heavy atom. The van der Waals surface area contributed by atoms with E-state index in [-0.39, 0.29) is 11.8 Å². The van der Waals surface area contributed by atoms with Gasteiger partial charge in [0.25, 0.3) is 0 Å². The van der Waals surface area contributed by atoms with Crippen LogP contribution in [0.4, 0.5) is 0 Å². The van der Waals surface area contributed by atoms with Crippen LogP contribution < -0.4 is 15.8 Å². The molecule has 0 saturated heterocycles. The van der Waals surface area contributed by atoms with Crippen molar-refractivity contribution in [1.29, 1.82) is 0 Å². The molecule has 1 aromatic carbocycles. The molecule has 0 saturated carbocycles. The highest BCUT2D eigenvalue weighted by Crippen LogP contribution is 2.08. The topological polar surface area (TPSA) is 58.2 Å². The molecule has 0 aliphatic heterocycles. The van der Waals surface area contributed by atoms with Gasteiger partial charge in [0.2, 0.25) is 11.8 Å². The first kappa shape index (κ1) is 17.8. The number of hydrogen-bond acceptors (Lipinski definition) is 3. The molecule has 1 unspecified atom stereocenters. The first-order valence-corrected chi connectivity index (χ1v) is 10.9. The van der Waals surface area contributed by atoms with Crippen molar-refractivity contribution in [3.8, 4) is 0 Å². The Labute approximate surface area is 133 Å². The van der Waals surface area contributed by atoms with E-state index in [2.05, 4.69) is 60.6 Å². The Hall–Kier alpha value is -1.27. The SMILES string of the molecule is CC(=O)NC(CS)C(=O)NCC[Si](C)(C)c1ccccc1. The van der Waals surface area contributed by atoms with Crippen molar-refractivity contribution in [3.05, 3.63) is 30.3 Å². The zero-order chi connectivity index (χ0) is 15.9. The summed E-state index contributed by atoms with van der Waals surface area (Å²) in [5, 5.41) is 6.87. The monoisotopic (exact) mass is 324 g/mol. The maximum atomic E-state index is 12.0. The quantitative estimate of drug-likeness (QED) is 0.521. The third-order valence-corrected chi connectivity index (χ3v) is 7.24. The molecule has 2 N–H and O–H groups in total. The molecule has 0 aromatic heterocycles. The van der Waals surface area contributed by atoms with Crippen LogP contribution in [0.25, 0.3) is 0 Å². The molecule has 2 amide bonds. The normalized spacial score (nSPS) is 12.6. The average molecular weight is 325 g/mol. The summed E-state index contributed by atoms with van der Waals surface area (Å²) in [6, 6.07) is 10.8. The highest BCUT2D eigenvalue weighted by Gasteiger charge is 2.24. The lowest BCUT2D eigenvalue weighted by molar-refractivity contribution is -0.127. The smallest absolute Gasteiger partial charge is 0.243 e. The summed E-state index contributed by atoms with van der Waals surface area (Å²) in [6.07, 6.45) is 0. The van der Waals surface area contributed by atoms with Crippen LogP contribution in [-0.4, -0.2) is 38.2 Å². The summed E-state index contributed by atoms with van der Waals surface area (Å²) in [7, 11) is -1.54. The number of rotatable bonds is 7. The number of amides is 2. The fourth-order valence-electron chi connectivity index (χ4n) is 2.09. The molecule has 1 atom stereocenters. The van der Waals surface area contributed by atoms with Gasteiger partial charge in [0, 0.05) is 19.2 Å². The van der Waals surface area contributed by atoms with Gasteiger partial charge in [-0.15, -0.1) is 0 Å². The van der Waals surface area contributed by atoms with Crippen LogP contribution in [-0.2, 0) is 9.59 Å². The van der Waals surface area contributed by atoms with Gasteiger partial charge < -0.3 is 10.6 Å². The van der Waals surface area contributed by atoms with E-state index in [1.54, 1.807) is 0 Å². The Balaban J connectivity index is 2.48. The van der Waals surface area contributed by atoms with Crippen molar-refractivity contribution in [2.24, 2.45) is 0 Å². The van der Waals surface area contributed by atoms with Crippen LogP contribution in [0.15, 0.2) is 30.3 Å². The summed E-state index contributed by atoms with van der Waals surface area (Å²) in [6.45, 7) is 6.60. The molecule has 0 heterocycles. The van der Waals surface area contributed by atoms with Gasteiger partial charge in [0.1, 0.15) is 6.04 Å². The van der Waals surface area contributed by atoms with Gasteiger partial charge in [0.15, 0.2) is 0 Å². The molecule has 1 aromatic rings. The summed E-state index contributed by atoms with van der Waals surface area (Å²) in [5.74, 6) is -0.0912. The molecule has 1 rings (SSSR count). The number of benzene rings is 1. The van der Waals surface area contributed by atoms with Crippen molar-refractivity contribution < 1.29 is 9.59 Å². The standard InChI is InChI=1S/C15H24N2O2SSi/c1-12(18)17-14(11-20)15(19)16-9-10-21(2,3)13-7-5-4-6-8-13/h4-8,14,20H,9-11H2,1-3H3,(H,16,19)(H,17,18). The van der Waals surface area contributed by atoms with E-state index in [4.69, 9.17) is 0 Å². The van der Waals surface area contributed by atoms with Crippen LogP contribution >= 0.6 is 12.6 Å². The average Bonchev–Trinajstić information content (AvgIpc) is 2.45. The zero-order valence-electron chi connectivity index (χ0n) is 12.8. The van der Waals surface area contributed by atoms with Gasteiger partial charge in [-0.2, -0.15) is 12.6 Å². The van der Waals surface area contributed by atoms with E-state index in [0.717, 1.165) is 6.04 Å². The van der Waals surface area contributed by atoms with Crippen molar-refractivity contribution >= 4 is 37.7 Å². The molecule has 0 fully saturated rings. The first-order valence-electron chi connectivity index (χ1n) is 7.08. The van der Waals surface area contributed by atoms with E-state index in [1.165, 1.54) is 12.1 Å². The molecule has 0 bridgehead atoms. The molecule has 0 spiro atoms. The van der Waals surface area contributed by atoms with E-state index < -0.39 is 14.1 Å². The third kappa shape index (κ3) is 5.93. The van der Waals surface area contributed by atoms with Crippen LogP contribution in [0.2, 0.25) is 19.1 Å². The minimum Gasteiger partial charge on any atom is -0.355 e. The number of nitrogens with one attached hydrogen (secondary N) is 2. The first-order chi connectivity index (χ1) is 9.86. The predicted molar refractivity (Wildman–Crippen MR) is 92.8 cm³/mol. The number of thiol groups is 1. The molecule has 0 aliphatic rings. The fraction of sp³-hybridized carbons (Fsp3) is 0.467. The largest absolute Gasteiger partial charge is 0.355 e. The maximum Gasteiger partial charge on any atom is 0.243 e. The van der Waals surface area contributed by atoms with Gasteiger partial charge in [-0.1, -0.05) is 48.6 Å². The summed E-state index contributed by atoms with van der Waals surface area (Å²) in [4.78, 5) is 23.0. The summed E-state index contributed by atoms with van der Waals surface area (Å²) < 4.78 is 0. The van der Waals surface area contributed by atoms with E-state index in [0.29, 0.717) is 12.3 Å². The minimum absolute atomic E-state index is 0.168. The molecular weight excluding hydrogens is 300 g/mol.